The Kier molecular flexibility index (Phi) is 7.04. The zero-order valence-electron chi connectivity index (χ0n) is 13.7. The van der Waals surface area contributed by atoms with Crippen LogP contribution in [0.5, 0.6) is 5.75 Å². The summed E-state index contributed by atoms with van der Waals surface area (Å²) in [6.07, 6.45) is 6.63. The lowest BCUT2D eigenvalue weighted by molar-refractivity contribution is 0.276. The molecule has 0 aliphatic carbocycles. The third-order valence-corrected chi connectivity index (χ3v) is 4.20. The van der Waals surface area contributed by atoms with E-state index in [0.29, 0.717) is 0 Å². The van der Waals surface area contributed by atoms with E-state index >= 15 is 0 Å². The van der Waals surface area contributed by atoms with Crippen molar-refractivity contribution in [2.24, 2.45) is 0 Å². The fraction of sp³-hybridized carbons (Fsp3) is 0.667. The fourth-order valence-corrected chi connectivity index (χ4v) is 2.99. The van der Waals surface area contributed by atoms with Crippen molar-refractivity contribution < 1.29 is 4.74 Å². The first-order valence-corrected chi connectivity index (χ1v) is 8.42. The number of ether oxygens (including phenoxy) is 1. The molecule has 2 rings (SSSR count). The van der Waals surface area contributed by atoms with Gasteiger partial charge in [0.05, 0.1) is 7.11 Å². The molecule has 0 radical (unpaired) electrons. The van der Waals surface area contributed by atoms with Crippen LogP contribution in [0.2, 0.25) is 0 Å². The number of nitrogens with zero attached hydrogens (tertiary/aromatic N) is 1. The quantitative estimate of drug-likeness (QED) is 0.777. The molecular formula is C18H30N2O. The minimum Gasteiger partial charge on any atom is -0.496 e. The van der Waals surface area contributed by atoms with Crippen molar-refractivity contribution in [1.29, 1.82) is 0 Å². The Bertz CT molecular complexity index is 412. The first-order valence-electron chi connectivity index (χ1n) is 8.42. The maximum Gasteiger partial charge on any atom is 0.123 e. The van der Waals surface area contributed by atoms with Gasteiger partial charge >= 0.3 is 0 Å². The van der Waals surface area contributed by atoms with Crippen molar-refractivity contribution in [2.45, 2.75) is 52.1 Å². The second-order valence-corrected chi connectivity index (χ2v) is 6.01. The average Bonchev–Trinajstić information content (AvgIpc) is 2.77. The zero-order chi connectivity index (χ0) is 14.9. The summed E-state index contributed by atoms with van der Waals surface area (Å²) in [5, 5.41) is 3.44. The van der Waals surface area contributed by atoms with Crippen molar-refractivity contribution in [1.82, 2.24) is 10.2 Å². The Labute approximate surface area is 129 Å². The molecule has 0 saturated carbocycles. The van der Waals surface area contributed by atoms with Crippen LogP contribution in [0.25, 0.3) is 0 Å². The van der Waals surface area contributed by atoms with Crippen LogP contribution in [-0.2, 0) is 13.1 Å². The molecule has 0 unspecified atom stereocenters. The van der Waals surface area contributed by atoms with Crippen LogP contribution < -0.4 is 10.1 Å². The maximum absolute atomic E-state index is 5.57. The number of hydrogen-bond donors (Lipinski definition) is 1. The molecule has 21 heavy (non-hydrogen) atoms. The van der Waals surface area contributed by atoms with E-state index in [1.807, 2.05) is 0 Å². The summed E-state index contributed by atoms with van der Waals surface area (Å²) in [5.74, 6) is 1.02. The van der Waals surface area contributed by atoms with E-state index in [0.717, 1.165) is 31.8 Å². The molecule has 1 heterocycles. The van der Waals surface area contributed by atoms with Crippen LogP contribution in [-0.4, -0.2) is 31.6 Å². The SMILES string of the molecule is CCCNCc1ccc(CN2CCCCCC2)cc1OC. The molecule has 1 N–H and O–H groups in total. The van der Waals surface area contributed by atoms with Crippen LogP contribution in [0.1, 0.15) is 50.2 Å². The summed E-state index contributed by atoms with van der Waals surface area (Å²) in [6.45, 7) is 7.66. The third kappa shape index (κ3) is 5.33. The first-order chi connectivity index (χ1) is 10.3. The predicted octanol–water partition coefficient (Wildman–Crippen LogP) is 3.57. The van der Waals surface area contributed by atoms with Gasteiger partial charge in [-0.2, -0.15) is 0 Å². The second kappa shape index (κ2) is 9.06. The summed E-state index contributed by atoms with van der Waals surface area (Å²) < 4.78 is 5.57. The molecule has 1 aromatic carbocycles. The van der Waals surface area contributed by atoms with Crippen molar-refractivity contribution in [2.75, 3.05) is 26.7 Å². The smallest absolute Gasteiger partial charge is 0.123 e. The molecule has 1 aliphatic rings. The molecule has 1 aliphatic heterocycles. The third-order valence-electron chi connectivity index (χ3n) is 4.20. The molecular weight excluding hydrogens is 260 g/mol. The Morgan fingerprint density at radius 2 is 1.90 bits per heavy atom. The van der Waals surface area contributed by atoms with Gasteiger partial charge in [0.15, 0.2) is 0 Å². The highest BCUT2D eigenvalue weighted by Gasteiger charge is 2.11. The van der Waals surface area contributed by atoms with Crippen LogP contribution in [0, 0.1) is 0 Å². The summed E-state index contributed by atoms with van der Waals surface area (Å²) in [4.78, 5) is 2.58. The lowest BCUT2D eigenvalue weighted by Crippen LogP contribution is -2.24. The highest BCUT2D eigenvalue weighted by Crippen LogP contribution is 2.22. The fourth-order valence-electron chi connectivity index (χ4n) is 2.99. The number of hydrogen-bond acceptors (Lipinski definition) is 3. The summed E-state index contributed by atoms with van der Waals surface area (Å²) in [6, 6.07) is 6.69. The van der Waals surface area contributed by atoms with Crippen molar-refractivity contribution in [3.63, 3.8) is 0 Å². The van der Waals surface area contributed by atoms with E-state index in [1.165, 1.54) is 49.9 Å². The lowest BCUT2D eigenvalue weighted by Gasteiger charge is -2.20. The predicted molar refractivity (Wildman–Crippen MR) is 88.7 cm³/mol. The van der Waals surface area contributed by atoms with Gasteiger partial charge < -0.3 is 10.1 Å². The van der Waals surface area contributed by atoms with E-state index in [-0.39, 0.29) is 0 Å². The first kappa shape index (κ1) is 16.3. The van der Waals surface area contributed by atoms with Crippen LogP contribution in [0.15, 0.2) is 18.2 Å². The average molecular weight is 290 g/mol. The van der Waals surface area contributed by atoms with Gasteiger partial charge in [-0.05, 0) is 50.5 Å². The largest absolute Gasteiger partial charge is 0.496 e. The van der Waals surface area contributed by atoms with Gasteiger partial charge in [-0.1, -0.05) is 31.9 Å². The van der Waals surface area contributed by atoms with E-state index in [9.17, 15) is 0 Å². The molecule has 0 aromatic heterocycles. The lowest BCUT2D eigenvalue weighted by atomic mass is 10.1. The normalized spacial score (nSPS) is 16.7. The Hall–Kier alpha value is -1.06. The molecule has 1 saturated heterocycles. The number of nitrogens with one attached hydrogen (secondary N) is 1. The molecule has 0 amide bonds. The molecule has 1 fully saturated rings. The monoisotopic (exact) mass is 290 g/mol. The number of benzene rings is 1. The highest BCUT2D eigenvalue weighted by molar-refractivity contribution is 5.37. The Morgan fingerprint density at radius 1 is 1.14 bits per heavy atom. The van der Waals surface area contributed by atoms with Gasteiger partial charge in [0, 0.05) is 18.7 Å². The van der Waals surface area contributed by atoms with Gasteiger partial charge in [-0.3, -0.25) is 4.90 Å². The van der Waals surface area contributed by atoms with Gasteiger partial charge in [-0.25, -0.2) is 0 Å². The molecule has 3 nitrogen and oxygen atoms in total. The van der Waals surface area contributed by atoms with Crippen LogP contribution >= 0.6 is 0 Å². The van der Waals surface area contributed by atoms with Crippen molar-refractivity contribution in [3.8, 4) is 5.75 Å². The number of methoxy groups -OCH3 is 1. The summed E-state index contributed by atoms with van der Waals surface area (Å²) in [7, 11) is 1.77. The maximum atomic E-state index is 5.57. The molecule has 118 valence electrons. The van der Waals surface area contributed by atoms with Gasteiger partial charge in [0.2, 0.25) is 0 Å². The van der Waals surface area contributed by atoms with E-state index < -0.39 is 0 Å². The number of likely N-dealkylation sites (tertiary alicyclic amines) is 1. The molecule has 1 aromatic rings. The standard InChI is InChI=1S/C18H30N2O/c1-3-10-19-14-17-9-8-16(13-18(17)21-2)15-20-11-6-4-5-7-12-20/h8-9,13,19H,3-7,10-12,14-15H2,1-2H3. The van der Waals surface area contributed by atoms with E-state index in [1.54, 1.807) is 7.11 Å². The molecule has 3 heteroatoms. The minimum absolute atomic E-state index is 0.890. The Balaban J connectivity index is 1.96. The number of rotatable bonds is 7. The Morgan fingerprint density at radius 3 is 2.57 bits per heavy atom. The van der Waals surface area contributed by atoms with Crippen molar-refractivity contribution in [3.05, 3.63) is 29.3 Å². The minimum atomic E-state index is 0.890. The summed E-state index contributed by atoms with van der Waals surface area (Å²) in [5.41, 5.74) is 2.62. The molecule has 0 bridgehead atoms. The summed E-state index contributed by atoms with van der Waals surface area (Å²) >= 11 is 0. The molecule has 0 atom stereocenters. The second-order valence-electron chi connectivity index (χ2n) is 6.01. The topological polar surface area (TPSA) is 24.5 Å². The van der Waals surface area contributed by atoms with E-state index in [4.69, 9.17) is 4.74 Å². The zero-order valence-corrected chi connectivity index (χ0v) is 13.7. The van der Waals surface area contributed by atoms with Crippen LogP contribution in [0.3, 0.4) is 0 Å². The van der Waals surface area contributed by atoms with Gasteiger partial charge in [0.25, 0.3) is 0 Å². The van der Waals surface area contributed by atoms with Crippen LogP contribution in [0.4, 0.5) is 0 Å². The van der Waals surface area contributed by atoms with Crippen molar-refractivity contribution >= 4 is 0 Å². The molecule has 0 spiro atoms. The highest BCUT2D eigenvalue weighted by atomic mass is 16.5. The van der Waals surface area contributed by atoms with E-state index in [2.05, 4.69) is 35.3 Å². The van der Waals surface area contributed by atoms with Gasteiger partial charge in [0.1, 0.15) is 5.75 Å². The van der Waals surface area contributed by atoms with Gasteiger partial charge in [-0.15, -0.1) is 0 Å².